The van der Waals surface area contributed by atoms with Gasteiger partial charge in [-0.3, -0.25) is 9.69 Å². The lowest BCUT2D eigenvalue weighted by Crippen LogP contribution is -2.67. The summed E-state index contributed by atoms with van der Waals surface area (Å²) in [7, 11) is 0. The van der Waals surface area contributed by atoms with Crippen LogP contribution >= 0.6 is 0 Å². The molecular formula is C43H65NO5. The van der Waals surface area contributed by atoms with Crippen molar-refractivity contribution in [3.8, 4) is 0 Å². The Kier molecular flexibility index (Phi) is 7.91. The normalized spacial score (nSPS) is 51.8. The zero-order valence-corrected chi connectivity index (χ0v) is 30.6. The van der Waals surface area contributed by atoms with Crippen LogP contribution in [0.5, 0.6) is 0 Å². The molecule has 9 atom stereocenters. The number of aliphatic hydroxyl groups excluding tert-OH is 3. The lowest BCUT2D eigenvalue weighted by molar-refractivity contribution is -0.182. The summed E-state index contributed by atoms with van der Waals surface area (Å²) >= 11 is 0. The van der Waals surface area contributed by atoms with Crippen LogP contribution in [-0.2, 0) is 4.79 Å². The fourth-order valence-electron chi connectivity index (χ4n) is 16.1. The monoisotopic (exact) mass is 675 g/mol. The third-order valence-corrected chi connectivity index (χ3v) is 17.8. The van der Waals surface area contributed by atoms with Crippen LogP contribution in [0.2, 0.25) is 0 Å². The first kappa shape index (κ1) is 33.8. The van der Waals surface area contributed by atoms with Crippen LogP contribution in [0.1, 0.15) is 129 Å². The molecule has 2 spiro atoms. The maximum absolute atomic E-state index is 14.9. The molecule has 0 saturated heterocycles. The zero-order chi connectivity index (χ0) is 34.0. The Morgan fingerprint density at radius 3 is 2.14 bits per heavy atom. The van der Waals surface area contributed by atoms with E-state index in [4.69, 9.17) is 0 Å². The van der Waals surface area contributed by atoms with Crippen LogP contribution in [0.15, 0.2) is 23.8 Å². The molecule has 0 heterocycles. The molecule has 1 unspecified atom stereocenters. The lowest BCUT2D eigenvalue weighted by atomic mass is 9.32. The van der Waals surface area contributed by atoms with Crippen LogP contribution in [0.4, 0.5) is 0 Å². The van der Waals surface area contributed by atoms with Crippen LogP contribution in [0, 0.1) is 62.6 Å². The molecular weight excluding hydrogens is 610 g/mol. The molecule has 0 amide bonds. The van der Waals surface area contributed by atoms with Crippen molar-refractivity contribution in [1.29, 1.82) is 0 Å². The molecule has 0 aliphatic heterocycles. The molecule has 4 N–H and O–H groups in total. The van der Waals surface area contributed by atoms with Gasteiger partial charge in [0.25, 0.3) is 0 Å². The predicted molar refractivity (Wildman–Crippen MR) is 190 cm³/mol. The molecule has 272 valence electrons. The number of aliphatic hydroxyl groups is 4. The summed E-state index contributed by atoms with van der Waals surface area (Å²) in [4.78, 5) is 17.3. The van der Waals surface area contributed by atoms with Crippen molar-refractivity contribution >= 4 is 5.78 Å². The summed E-state index contributed by atoms with van der Waals surface area (Å²) in [6.45, 7) is 6.44. The minimum atomic E-state index is -0.933. The number of ketones is 1. The topological polar surface area (TPSA) is 101 Å². The largest absolute Gasteiger partial charge is 0.394 e. The van der Waals surface area contributed by atoms with Gasteiger partial charge in [-0.1, -0.05) is 51.3 Å². The summed E-state index contributed by atoms with van der Waals surface area (Å²) in [6, 6.07) is 0. The van der Waals surface area contributed by atoms with Crippen LogP contribution < -0.4 is 0 Å². The van der Waals surface area contributed by atoms with Gasteiger partial charge in [-0.2, -0.15) is 0 Å². The van der Waals surface area contributed by atoms with Gasteiger partial charge in [0.05, 0.1) is 24.4 Å². The van der Waals surface area contributed by atoms with Crippen molar-refractivity contribution in [3.63, 3.8) is 0 Å². The number of allylic oxidation sites excluding steroid dienone is 4. The molecule has 8 fully saturated rings. The van der Waals surface area contributed by atoms with Gasteiger partial charge in [-0.05, 0) is 137 Å². The van der Waals surface area contributed by atoms with Crippen molar-refractivity contribution in [3.05, 3.63) is 23.8 Å². The summed E-state index contributed by atoms with van der Waals surface area (Å²) < 4.78 is 0. The summed E-state index contributed by atoms with van der Waals surface area (Å²) in [5, 5.41) is 45.1. The summed E-state index contributed by atoms with van der Waals surface area (Å²) in [5.74, 6) is 3.51. The van der Waals surface area contributed by atoms with Gasteiger partial charge < -0.3 is 20.4 Å². The highest BCUT2D eigenvalue weighted by molar-refractivity contribution is 6.00. The fourth-order valence-corrected chi connectivity index (χ4v) is 16.1. The SMILES string of the molecule is C[C@]12CC[C@H]3[C@]4(C=C[C@@]5(C=C4C(=O)C4CCCCC4)CC(O)CC[C@]35C)[C@@H]1CC[C@@]2(O)CN(C[C@H](O)CO)CC12CC3CC(CC(C3)C1)C2. The highest BCUT2D eigenvalue weighted by Crippen LogP contribution is 2.78. The van der Waals surface area contributed by atoms with E-state index in [1.807, 2.05) is 0 Å². The zero-order valence-electron chi connectivity index (χ0n) is 30.6. The van der Waals surface area contributed by atoms with Crippen LogP contribution in [-0.4, -0.2) is 75.2 Å². The number of fused-ring (bicyclic) bond motifs is 1. The quantitative estimate of drug-likeness (QED) is 0.206. The van der Waals surface area contributed by atoms with Crippen molar-refractivity contribution < 1.29 is 25.2 Å². The molecule has 11 rings (SSSR count). The first-order valence-corrected chi connectivity index (χ1v) is 20.8. The van der Waals surface area contributed by atoms with Gasteiger partial charge in [0.2, 0.25) is 0 Å². The van der Waals surface area contributed by atoms with Gasteiger partial charge in [0.15, 0.2) is 5.78 Å². The van der Waals surface area contributed by atoms with Gasteiger partial charge in [-0.25, -0.2) is 0 Å². The number of carbonyl (C=O) groups is 1. The molecule has 11 aliphatic carbocycles. The van der Waals surface area contributed by atoms with E-state index in [1.54, 1.807) is 0 Å². The Bertz CT molecular complexity index is 1360. The maximum atomic E-state index is 14.9. The molecule has 6 nitrogen and oxygen atoms in total. The Labute approximate surface area is 295 Å². The summed E-state index contributed by atoms with van der Waals surface area (Å²) in [6.07, 6.45) is 25.8. The number of hydrogen-bond donors (Lipinski definition) is 4. The van der Waals surface area contributed by atoms with Gasteiger partial charge in [0, 0.05) is 47.4 Å². The first-order valence-electron chi connectivity index (χ1n) is 20.8. The van der Waals surface area contributed by atoms with E-state index in [9.17, 15) is 25.2 Å². The second-order valence-electron chi connectivity index (χ2n) is 20.4. The number of rotatable bonds is 9. The average molecular weight is 676 g/mol. The van der Waals surface area contributed by atoms with E-state index in [0.29, 0.717) is 37.6 Å². The van der Waals surface area contributed by atoms with Crippen molar-refractivity contribution in [2.75, 3.05) is 26.2 Å². The van der Waals surface area contributed by atoms with Crippen LogP contribution in [0.25, 0.3) is 0 Å². The Morgan fingerprint density at radius 2 is 1.47 bits per heavy atom. The Morgan fingerprint density at radius 1 is 0.837 bits per heavy atom. The number of nitrogens with zero attached hydrogens (tertiary/aromatic N) is 1. The number of hydrogen-bond acceptors (Lipinski definition) is 6. The van der Waals surface area contributed by atoms with Crippen molar-refractivity contribution in [2.24, 2.45) is 62.6 Å². The fraction of sp³-hybridized carbons (Fsp3) is 0.884. The number of Topliss-reactive ketones (excluding diaryl/α,β-unsaturated/α-hetero) is 1. The third-order valence-electron chi connectivity index (χ3n) is 17.8. The van der Waals surface area contributed by atoms with Gasteiger partial charge >= 0.3 is 0 Å². The second kappa shape index (κ2) is 11.5. The van der Waals surface area contributed by atoms with E-state index in [2.05, 4.69) is 37.0 Å². The molecule has 11 aliphatic rings. The van der Waals surface area contributed by atoms with Crippen LogP contribution in [0.3, 0.4) is 0 Å². The number of carbonyl (C=O) groups excluding carboxylic acids is 1. The highest BCUT2D eigenvalue weighted by Gasteiger charge is 2.74. The minimum Gasteiger partial charge on any atom is -0.394 e. The van der Waals surface area contributed by atoms with Crippen molar-refractivity contribution in [1.82, 2.24) is 4.90 Å². The van der Waals surface area contributed by atoms with E-state index in [0.717, 1.165) is 87.7 Å². The first-order chi connectivity index (χ1) is 23.4. The van der Waals surface area contributed by atoms with Gasteiger partial charge in [0.1, 0.15) is 0 Å². The third kappa shape index (κ3) is 4.77. The van der Waals surface area contributed by atoms with Crippen molar-refractivity contribution in [2.45, 2.75) is 147 Å². The average Bonchev–Trinajstić information content (AvgIpc) is 3.33. The predicted octanol–water partition coefficient (Wildman–Crippen LogP) is 6.60. The standard InChI is InChI=1S/C43H65NO5/c1-38-11-8-32(46)22-41(38)14-15-43(34(23-41)37(48)31-6-4-3-5-7-31)35(38)9-12-39(2)36(43)10-13-42(39,49)27-44(24-33(47)25-45)26-40-19-28-16-29(20-40)18-30(17-28)21-40/h14-15,23,28-33,35-36,45-47,49H,3-13,16-22,24-27H2,1-2H3/t28?,29?,30?,32?,33-,35+,36+,38+,39-,40?,41-,42+,43+/m0/s1. The summed E-state index contributed by atoms with van der Waals surface area (Å²) in [5.41, 5.74) is -0.622. The highest BCUT2D eigenvalue weighted by atomic mass is 16.3. The minimum absolute atomic E-state index is 0.00482. The molecule has 6 bridgehead atoms. The molecule has 0 radical (unpaired) electrons. The van der Waals surface area contributed by atoms with E-state index >= 15 is 0 Å². The van der Waals surface area contributed by atoms with E-state index in [1.165, 1.54) is 44.9 Å². The smallest absolute Gasteiger partial charge is 0.162 e. The Balaban J connectivity index is 1.07. The molecule has 49 heavy (non-hydrogen) atoms. The van der Waals surface area contributed by atoms with E-state index < -0.39 is 11.7 Å². The molecule has 8 saturated carbocycles. The van der Waals surface area contributed by atoms with Gasteiger partial charge in [-0.15, -0.1) is 0 Å². The molecule has 0 aromatic rings. The second-order valence-corrected chi connectivity index (χ2v) is 20.4. The maximum Gasteiger partial charge on any atom is 0.162 e. The van der Waals surface area contributed by atoms with E-state index in [-0.39, 0.29) is 51.6 Å². The Hall–Kier alpha value is -1.05. The lowest BCUT2D eigenvalue weighted by Gasteiger charge is -2.71. The molecule has 0 aromatic carbocycles. The molecule has 6 heteroatoms. The molecule has 0 aromatic heterocycles.